The Bertz CT molecular complexity index is 522. The van der Waals surface area contributed by atoms with Crippen LogP contribution in [0.5, 0.6) is 0 Å². The Kier molecular flexibility index (Phi) is 4.48. The number of hydrogen-bond donors (Lipinski definition) is 1. The van der Waals surface area contributed by atoms with Crippen LogP contribution in [0.4, 0.5) is 5.69 Å². The molecule has 0 radical (unpaired) electrons. The molecule has 2 unspecified atom stereocenters. The molecule has 0 saturated carbocycles. The lowest BCUT2D eigenvalue weighted by Crippen LogP contribution is -2.34. The number of nitrogens with zero attached hydrogens (tertiary/aromatic N) is 1. The lowest BCUT2D eigenvalue weighted by Gasteiger charge is -2.30. The van der Waals surface area contributed by atoms with E-state index in [0.717, 1.165) is 11.1 Å². The Hall–Kier alpha value is -1.77. The summed E-state index contributed by atoms with van der Waals surface area (Å²) >= 11 is 0. The van der Waals surface area contributed by atoms with E-state index in [1.165, 1.54) is 31.0 Å². The number of aryl methyl sites for hydroxylation is 1. The van der Waals surface area contributed by atoms with E-state index in [1.54, 1.807) is 6.08 Å². The Morgan fingerprint density at radius 3 is 2.80 bits per heavy atom. The molecule has 1 aromatic rings. The van der Waals surface area contributed by atoms with Crippen molar-refractivity contribution in [3.63, 3.8) is 0 Å². The van der Waals surface area contributed by atoms with Crippen LogP contribution in [0.1, 0.15) is 44.2 Å². The number of aliphatic carboxylic acids is 1. The second-order valence-corrected chi connectivity index (χ2v) is 5.61. The molecule has 20 heavy (non-hydrogen) atoms. The van der Waals surface area contributed by atoms with E-state index in [1.807, 2.05) is 13.0 Å². The molecule has 0 spiro atoms. The van der Waals surface area contributed by atoms with Crippen LogP contribution < -0.4 is 4.90 Å². The van der Waals surface area contributed by atoms with Crippen LogP contribution in [-0.2, 0) is 4.79 Å². The summed E-state index contributed by atoms with van der Waals surface area (Å²) in [5, 5.41) is 8.70. The maximum atomic E-state index is 10.6. The number of carboxylic acid groups (broad SMARTS) is 1. The SMILES string of the molecule is CCC1CCC(C)N1c1ccc(/C=C/C(=O)O)c(C)c1. The number of carboxylic acids is 1. The fraction of sp³-hybridized carbons (Fsp3) is 0.471. The van der Waals surface area contributed by atoms with Crippen molar-refractivity contribution in [1.82, 2.24) is 0 Å². The van der Waals surface area contributed by atoms with E-state index in [-0.39, 0.29) is 0 Å². The van der Waals surface area contributed by atoms with Gasteiger partial charge in [0.2, 0.25) is 0 Å². The summed E-state index contributed by atoms with van der Waals surface area (Å²) in [6.07, 6.45) is 6.53. The van der Waals surface area contributed by atoms with Crippen molar-refractivity contribution >= 4 is 17.7 Å². The van der Waals surface area contributed by atoms with E-state index >= 15 is 0 Å². The minimum absolute atomic E-state index is 0.583. The summed E-state index contributed by atoms with van der Waals surface area (Å²) in [6, 6.07) is 7.51. The maximum Gasteiger partial charge on any atom is 0.328 e. The quantitative estimate of drug-likeness (QED) is 0.847. The number of carbonyl (C=O) groups is 1. The summed E-state index contributed by atoms with van der Waals surface area (Å²) in [5.74, 6) is -0.910. The van der Waals surface area contributed by atoms with Gasteiger partial charge in [-0.15, -0.1) is 0 Å². The van der Waals surface area contributed by atoms with Crippen LogP contribution >= 0.6 is 0 Å². The zero-order valence-corrected chi connectivity index (χ0v) is 12.5. The summed E-state index contributed by atoms with van der Waals surface area (Å²) in [6.45, 7) is 6.56. The van der Waals surface area contributed by atoms with Crippen LogP contribution in [-0.4, -0.2) is 23.2 Å². The number of anilines is 1. The van der Waals surface area contributed by atoms with Gasteiger partial charge in [0.05, 0.1) is 0 Å². The van der Waals surface area contributed by atoms with Gasteiger partial charge >= 0.3 is 5.97 Å². The van der Waals surface area contributed by atoms with Crippen molar-refractivity contribution in [2.75, 3.05) is 4.90 Å². The zero-order chi connectivity index (χ0) is 14.7. The van der Waals surface area contributed by atoms with Gasteiger partial charge in [0.25, 0.3) is 0 Å². The average molecular weight is 273 g/mol. The van der Waals surface area contributed by atoms with Crippen molar-refractivity contribution in [2.45, 2.75) is 52.1 Å². The summed E-state index contributed by atoms with van der Waals surface area (Å²) in [7, 11) is 0. The normalized spacial score (nSPS) is 22.6. The molecule has 3 nitrogen and oxygen atoms in total. The number of benzene rings is 1. The summed E-state index contributed by atoms with van der Waals surface area (Å²) in [4.78, 5) is 13.1. The monoisotopic (exact) mass is 273 g/mol. The molecule has 1 fully saturated rings. The number of hydrogen-bond acceptors (Lipinski definition) is 2. The van der Waals surface area contributed by atoms with Crippen molar-refractivity contribution in [2.24, 2.45) is 0 Å². The van der Waals surface area contributed by atoms with Gasteiger partial charge in [-0.1, -0.05) is 13.0 Å². The Labute approximate surface area is 120 Å². The molecular weight excluding hydrogens is 250 g/mol. The van der Waals surface area contributed by atoms with Crippen molar-refractivity contribution < 1.29 is 9.90 Å². The first-order valence-electron chi connectivity index (χ1n) is 7.33. The molecule has 1 saturated heterocycles. The Balaban J connectivity index is 2.26. The molecule has 1 aliphatic rings. The molecular formula is C17H23NO2. The van der Waals surface area contributed by atoms with E-state index in [0.29, 0.717) is 12.1 Å². The van der Waals surface area contributed by atoms with Crippen LogP contribution in [0.15, 0.2) is 24.3 Å². The molecule has 3 heteroatoms. The first-order chi connectivity index (χ1) is 9.52. The molecule has 2 atom stereocenters. The molecule has 0 aliphatic carbocycles. The van der Waals surface area contributed by atoms with Gasteiger partial charge in [-0.3, -0.25) is 0 Å². The van der Waals surface area contributed by atoms with Crippen LogP contribution in [0.25, 0.3) is 6.08 Å². The fourth-order valence-electron chi connectivity index (χ4n) is 3.11. The summed E-state index contributed by atoms with van der Waals surface area (Å²) < 4.78 is 0. The molecule has 0 aromatic heterocycles. The average Bonchev–Trinajstić information content (AvgIpc) is 2.78. The highest BCUT2D eigenvalue weighted by Crippen LogP contribution is 2.33. The molecule has 1 aromatic carbocycles. The zero-order valence-electron chi connectivity index (χ0n) is 12.5. The predicted molar refractivity (Wildman–Crippen MR) is 83.1 cm³/mol. The van der Waals surface area contributed by atoms with Crippen LogP contribution in [0.3, 0.4) is 0 Å². The van der Waals surface area contributed by atoms with Gasteiger partial charge in [-0.25, -0.2) is 4.79 Å². The third-order valence-corrected chi connectivity index (χ3v) is 4.21. The smallest absolute Gasteiger partial charge is 0.328 e. The van der Waals surface area contributed by atoms with Gasteiger partial charge < -0.3 is 10.0 Å². The Morgan fingerprint density at radius 1 is 1.45 bits per heavy atom. The topological polar surface area (TPSA) is 40.5 Å². The first kappa shape index (κ1) is 14.6. The maximum absolute atomic E-state index is 10.6. The van der Waals surface area contributed by atoms with Crippen molar-refractivity contribution in [3.05, 3.63) is 35.4 Å². The van der Waals surface area contributed by atoms with E-state index in [4.69, 9.17) is 5.11 Å². The summed E-state index contributed by atoms with van der Waals surface area (Å²) in [5.41, 5.74) is 3.34. The Morgan fingerprint density at radius 2 is 2.20 bits per heavy atom. The fourth-order valence-corrected chi connectivity index (χ4v) is 3.11. The van der Waals surface area contributed by atoms with Crippen molar-refractivity contribution in [1.29, 1.82) is 0 Å². The van der Waals surface area contributed by atoms with Gasteiger partial charge in [-0.2, -0.15) is 0 Å². The standard InChI is InChI=1S/C17H23NO2/c1-4-15-8-5-13(3)18(15)16-9-6-14(12(2)11-16)7-10-17(19)20/h6-7,9-11,13,15H,4-5,8H2,1-3H3,(H,19,20)/b10-7+. The van der Waals surface area contributed by atoms with Gasteiger partial charge in [0.15, 0.2) is 0 Å². The molecule has 1 aliphatic heterocycles. The highest BCUT2D eigenvalue weighted by atomic mass is 16.4. The van der Waals surface area contributed by atoms with Gasteiger partial charge in [-0.05, 0) is 62.4 Å². The minimum Gasteiger partial charge on any atom is -0.478 e. The third-order valence-electron chi connectivity index (χ3n) is 4.21. The first-order valence-corrected chi connectivity index (χ1v) is 7.33. The molecule has 0 amide bonds. The third kappa shape index (κ3) is 3.03. The highest BCUT2D eigenvalue weighted by molar-refractivity contribution is 5.85. The lowest BCUT2D eigenvalue weighted by atomic mass is 10.1. The predicted octanol–water partition coefficient (Wildman–Crippen LogP) is 3.86. The van der Waals surface area contributed by atoms with Gasteiger partial charge in [0, 0.05) is 23.8 Å². The molecule has 2 rings (SSSR count). The van der Waals surface area contributed by atoms with E-state index in [9.17, 15) is 4.79 Å². The number of rotatable bonds is 4. The molecule has 0 bridgehead atoms. The van der Waals surface area contributed by atoms with Crippen LogP contribution in [0.2, 0.25) is 0 Å². The van der Waals surface area contributed by atoms with E-state index in [2.05, 4.69) is 30.9 Å². The second kappa shape index (κ2) is 6.12. The highest BCUT2D eigenvalue weighted by Gasteiger charge is 2.29. The van der Waals surface area contributed by atoms with Gasteiger partial charge in [0.1, 0.15) is 0 Å². The minimum atomic E-state index is -0.910. The molecule has 1 N–H and O–H groups in total. The van der Waals surface area contributed by atoms with Crippen molar-refractivity contribution in [3.8, 4) is 0 Å². The van der Waals surface area contributed by atoms with Crippen LogP contribution in [0, 0.1) is 6.92 Å². The molecule has 1 heterocycles. The lowest BCUT2D eigenvalue weighted by molar-refractivity contribution is -0.131. The van der Waals surface area contributed by atoms with E-state index < -0.39 is 5.97 Å². The second-order valence-electron chi connectivity index (χ2n) is 5.61. The molecule has 108 valence electrons. The largest absolute Gasteiger partial charge is 0.478 e.